The molecule has 1 heterocycles. The molecule has 4 nitrogen and oxygen atoms in total. The van der Waals surface area contributed by atoms with E-state index in [0.29, 0.717) is 15.3 Å². The molecule has 0 spiro atoms. The second-order valence-corrected chi connectivity index (χ2v) is 7.46. The molecule has 2 aromatic carbocycles. The minimum atomic E-state index is -0.356. The van der Waals surface area contributed by atoms with E-state index in [0.717, 1.165) is 31.9 Å². The smallest absolute Gasteiger partial charge is 0.171 e. The van der Waals surface area contributed by atoms with Gasteiger partial charge in [-0.3, -0.25) is 0 Å². The molecule has 1 fully saturated rings. The van der Waals surface area contributed by atoms with E-state index in [1.807, 2.05) is 6.92 Å². The number of rotatable bonds is 4. The number of anilines is 2. The van der Waals surface area contributed by atoms with E-state index in [4.69, 9.17) is 17.0 Å². The van der Waals surface area contributed by atoms with Gasteiger partial charge in [-0.05, 0) is 55.0 Å². The van der Waals surface area contributed by atoms with Gasteiger partial charge in [0.2, 0.25) is 0 Å². The third-order valence-electron chi connectivity index (χ3n) is 4.30. The SMILES string of the molecule is CC(NC(=S)Nc1ccc(Br)cc1F)c1ccc(N2CCOCC2)cc1. The van der Waals surface area contributed by atoms with Crippen molar-refractivity contribution in [2.45, 2.75) is 13.0 Å². The fourth-order valence-electron chi connectivity index (χ4n) is 2.82. The molecule has 1 atom stereocenters. The van der Waals surface area contributed by atoms with Gasteiger partial charge in [0.1, 0.15) is 5.82 Å². The van der Waals surface area contributed by atoms with Crippen LogP contribution in [0.4, 0.5) is 15.8 Å². The first-order chi connectivity index (χ1) is 12.5. The number of ether oxygens (including phenoxy) is 1. The summed E-state index contributed by atoms with van der Waals surface area (Å²) in [5.74, 6) is -0.356. The first-order valence-corrected chi connectivity index (χ1v) is 9.68. The monoisotopic (exact) mass is 437 g/mol. The lowest BCUT2D eigenvalue weighted by Crippen LogP contribution is -2.36. The lowest BCUT2D eigenvalue weighted by molar-refractivity contribution is 0.122. The summed E-state index contributed by atoms with van der Waals surface area (Å²) < 4.78 is 20.0. The van der Waals surface area contributed by atoms with Crippen molar-refractivity contribution >= 4 is 44.6 Å². The van der Waals surface area contributed by atoms with Crippen LogP contribution in [0, 0.1) is 5.82 Å². The highest BCUT2D eigenvalue weighted by molar-refractivity contribution is 9.10. The topological polar surface area (TPSA) is 36.5 Å². The van der Waals surface area contributed by atoms with Crippen molar-refractivity contribution in [3.8, 4) is 0 Å². The first-order valence-electron chi connectivity index (χ1n) is 8.48. The van der Waals surface area contributed by atoms with Crippen LogP contribution in [0.5, 0.6) is 0 Å². The fourth-order valence-corrected chi connectivity index (χ4v) is 3.44. The van der Waals surface area contributed by atoms with Crippen LogP contribution in [0.25, 0.3) is 0 Å². The highest BCUT2D eigenvalue weighted by Gasteiger charge is 2.13. The van der Waals surface area contributed by atoms with E-state index in [-0.39, 0.29) is 11.9 Å². The Kier molecular flexibility index (Phi) is 6.45. The molecule has 138 valence electrons. The molecule has 3 rings (SSSR count). The first kappa shape index (κ1) is 19.1. The molecule has 1 aliphatic heterocycles. The molecule has 0 radical (unpaired) electrons. The quantitative estimate of drug-likeness (QED) is 0.689. The number of hydrogen-bond acceptors (Lipinski definition) is 3. The van der Waals surface area contributed by atoms with Gasteiger partial charge < -0.3 is 20.3 Å². The van der Waals surface area contributed by atoms with Crippen LogP contribution in [0.15, 0.2) is 46.9 Å². The molecule has 0 bridgehead atoms. The van der Waals surface area contributed by atoms with Gasteiger partial charge in [-0.2, -0.15) is 0 Å². The van der Waals surface area contributed by atoms with E-state index in [2.05, 4.69) is 55.7 Å². The van der Waals surface area contributed by atoms with Crippen molar-refractivity contribution in [2.24, 2.45) is 0 Å². The van der Waals surface area contributed by atoms with Crippen LogP contribution in [0.2, 0.25) is 0 Å². The molecule has 0 amide bonds. The summed E-state index contributed by atoms with van der Waals surface area (Å²) in [7, 11) is 0. The van der Waals surface area contributed by atoms with Gasteiger partial charge in [0, 0.05) is 23.2 Å². The van der Waals surface area contributed by atoms with Gasteiger partial charge in [-0.1, -0.05) is 28.1 Å². The molecule has 1 unspecified atom stereocenters. The van der Waals surface area contributed by atoms with E-state index < -0.39 is 0 Å². The number of nitrogens with one attached hydrogen (secondary N) is 2. The molecule has 1 saturated heterocycles. The van der Waals surface area contributed by atoms with E-state index in [1.54, 1.807) is 12.1 Å². The Balaban J connectivity index is 1.58. The summed E-state index contributed by atoms with van der Waals surface area (Å²) >= 11 is 8.55. The molecule has 0 saturated carbocycles. The van der Waals surface area contributed by atoms with Crippen LogP contribution < -0.4 is 15.5 Å². The molecular formula is C19H21BrFN3OS. The van der Waals surface area contributed by atoms with Crippen molar-refractivity contribution in [1.82, 2.24) is 5.32 Å². The highest BCUT2D eigenvalue weighted by atomic mass is 79.9. The Bertz CT molecular complexity index is 766. The number of hydrogen-bond donors (Lipinski definition) is 2. The van der Waals surface area contributed by atoms with Crippen LogP contribution in [0.1, 0.15) is 18.5 Å². The molecule has 2 aromatic rings. The predicted molar refractivity (Wildman–Crippen MR) is 111 cm³/mol. The number of nitrogens with zero attached hydrogens (tertiary/aromatic N) is 1. The van der Waals surface area contributed by atoms with Gasteiger partial charge >= 0.3 is 0 Å². The average molecular weight is 438 g/mol. The van der Waals surface area contributed by atoms with Gasteiger partial charge in [0.15, 0.2) is 5.11 Å². The normalized spacial score (nSPS) is 15.4. The van der Waals surface area contributed by atoms with E-state index in [9.17, 15) is 4.39 Å². The lowest BCUT2D eigenvalue weighted by atomic mass is 10.1. The predicted octanol–water partition coefficient (Wildman–Crippen LogP) is 4.47. The standard InChI is InChI=1S/C19H21BrFN3OS/c1-13(22-19(26)23-18-7-4-15(20)12-17(18)21)14-2-5-16(6-3-14)24-8-10-25-11-9-24/h2-7,12-13H,8-11H2,1H3,(H2,22,23,26). The summed E-state index contributed by atoms with van der Waals surface area (Å²) in [6.07, 6.45) is 0. The number of benzene rings is 2. The van der Waals surface area contributed by atoms with Gasteiger partial charge in [0.05, 0.1) is 24.9 Å². The molecule has 7 heteroatoms. The van der Waals surface area contributed by atoms with Crippen LogP contribution in [-0.2, 0) is 4.74 Å². The van der Waals surface area contributed by atoms with Crippen molar-refractivity contribution in [1.29, 1.82) is 0 Å². The maximum absolute atomic E-state index is 13.9. The van der Waals surface area contributed by atoms with Gasteiger partial charge in [-0.25, -0.2) is 4.39 Å². The van der Waals surface area contributed by atoms with Crippen LogP contribution >= 0.6 is 28.1 Å². The summed E-state index contributed by atoms with van der Waals surface area (Å²) in [4.78, 5) is 2.31. The molecule has 0 aliphatic carbocycles. The maximum atomic E-state index is 13.9. The van der Waals surface area contributed by atoms with E-state index >= 15 is 0 Å². The molecule has 26 heavy (non-hydrogen) atoms. The second kappa shape index (κ2) is 8.79. The number of morpholine rings is 1. The highest BCUT2D eigenvalue weighted by Crippen LogP contribution is 2.21. The lowest BCUT2D eigenvalue weighted by Gasteiger charge is -2.29. The Labute approximate surface area is 166 Å². The number of halogens is 2. The van der Waals surface area contributed by atoms with Crippen molar-refractivity contribution in [3.63, 3.8) is 0 Å². The summed E-state index contributed by atoms with van der Waals surface area (Å²) in [5, 5.41) is 6.48. The zero-order chi connectivity index (χ0) is 18.5. The van der Waals surface area contributed by atoms with Crippen molar-refractivity contribution in [3.05, 3.63) is 58.3 Å². The fraction of sp³-hybridized carbons (Fsp3) is 0.316. The second-order valence-electron chi connectivity index (χ2n) is 6.14. The molecular weight excluding hydrogens is 417 g/mol. The molecule has 2 N–H and O–H groups in total. The maximum Gasteiger partial charge on any atom is 0.171 e. The van der Waals surface area contributed by atoms with Gasteiger partial charge in [-0.15, -0.1) is 0 Å². The zero-order valence-electron chi connectivity index (χ0n) is 14.5. The summed E-state index contributed by atoms with van der Waals surface area (Å²) in [6, 6.07) is 13.2. The Hall–Kier alpha value is -1.70. The molecule has 1 aliphatic rings. The largest absolute Gasteiger partial charge is 0.378 e. The number of thiocarbonyl (C=S) groups is 1. The summed E-state index contributed by atoms with van der Waals surface area (Å²) in [6.45, 7) is 5.40. The molecule has 0 aromatic heterocycles. The minimum Gasteiger partial charge on any atom is -0.378 e. The Morgan fingerprint density at radius 1 is 1.19 bits per heavy atom. The third kappa shape index (κ3) is 4.93. The third-order valence-corrected chi connectivity index (χ3v) is 5.01. The van der Waals surface area contributed by atoms with Crippen molar-refractivity contribution in [2.75, 3.05) is 36.5 Å². The van der Waals surface area contributed by atoms with Crippen molar-refractivity contribution < 1.29 is 9.13 Å². The zero-order valence-corrected chi connectivity index (χ0v) is 16.9. The van der Waals surface area contributed by atoms with Crippen LogP contribution in [0.3, 0.4) is 0 Å². The Morgan fingerprint density at radius 3 is 2.54 bits per heavy atom. The summed E-state index contributed by atoms with van der Waals surface area (Å²) in [5.41, 5.74) is 2.66. The van der Waals surface area contributed by atoms with Crippen LogP contribution in [-0.4, -0.2) is 31.4 Å². The van der Waals surface area contributed by atoms with E-state index in [1.165, 1.54) is 11.8 Å². The average Bonchev–Trinajstić information content (AvgIpc) is 2.65. The minimum absolute atomic E-state index is 0.00671. The van der Waals surface area contributed by atoms with Gasteiger partial charge in [0.25, 0.3) is 0 Å². The Morgan fingerprint density at radius 2 is 1.88 bits per heavy atom.